The molecule has 5 nitrogen and oxygen atoms in total. The van der Waals surface area contributed by atoms with Gasteiger partial charge >= 0.3 is 0 Å². The normalized spacial score (nSPS) is 10.6. The van der Waals surface area contributed by atoms with Crippen LogP contribution in [0, 0.1) is 0 Å². The minimum Gasteiger partial charge on any atom is -0.497 e. The Bertz CT molecular complexity index is 1100. The highest BCUT2D eigenvalue weighted by Gasteiger charge is 2.06. The second-order valence-electron chi connectivity index (χ2n) is 6.29. The minimum absolute atomic E-state index is 0.671. The predicted octanol–water partition coefficient (Wildman–Crippen LogP) is 5.65. The van der Waals surface area contributed by atoms with E-state index in [1.165, 1.54) is 5.56 Å². The number of ether oxygens (including phenoxy) is 1. The van der Waals surface area contributed by atoms with Gasteiger partial charge in [-0.3, -0.25) is 0 Å². The van der Waals surface area contributed by atoms with Crippen LogP contribution in [0.5, 0.6) is 5.75 Å². The van der Waals surface area contributed by atoms with E-state index in [0.29, 0.717) is 11.6 Å². The van der Waals surface area contributed by atoms with Crippen LogP contribution in [0.1, 0.15) is 5.56 Å². The third-order valence-corrected chi connectivity index (χ3v) is 4.61. The van der Waals surface area contributed by atoms with Gasteiger partial charge in [-0.05, 0) is 54.1 Å². The van der Waals surface area contributed by atoms with Crippen LogP contribution in [0.25, 0.3) is 10.9 Å². The molecule has 0 fully saturated rings. The Kier molecular flexibility index (Phi) is 5.26. The molecule has 2 N–H and O–H groups in total. The van der Waals surface area contributed by atoms with Gasteiger partial charge in [0.2, 0.25) is 0 Å². The van der Waals surface area contributed by atoms with Gasteiger partial charge in [0.15, 0.2) is 0 Å². The number of methoxy groups -OCH3 is 1. The molecule has 0 radical (unpaired) electrons. The maximum absolute atomic E-state index is 6.08. The lowest BCUT2D eigenvalue weighted by molar-refractivity contribution is 0.414. The summed E-state index contributed by atoms with van der Waals surface area (Å²) in [6, 6.07) is 21.6. The van der Waals surface area contributed by atoms with Crippen molar-refractivity contribution in [3.63, 3.8) is 0 Å². The van der Waals surface area contributed by atoms with Gasteiger partial charge in [-0.15, -0.1) is 0 Å². The van der Waals surface area contributed by atoms with Crippen LogP contribution in [0.15, 0.2) is 73.1 Å². The summed E-state index contributed by atoms with van der Waals surface area (Å²) in [5.41, 5.74) is 3.91. The lowest BCUT2D eigenvalue weighted by atomic mass is 10.2. The van der Waals surface area contributed by atoms with Crippen molar-refractivity contribution in [2.24, 2.45) is 0 Å². The van der Waals surface area contributed by atoms with E-state index in [2.05, 4.69) is 20.6 Å². The smallest absolute Gasteiger partial charge is 0.141 e. The van der Waals surface area contributed by atoms with Crippen molar-refractivity contribution in [1.29, 1.82) is 0 Å². The van der Waals surface area contributed by atoms with Crippen molar-refractivity contribution >= 4 is 39.7 Å². The molecule has 0 spiro atoms. The molecule has 0 unspecified atom stereocenters. The Morgan fingerprint density at radius 3 is 2.57 bits per heavy atom. The summed E-state index contributed by atoms with van der Waals surface area (Å²) >= 11 is 6.08. The molecule has 0 saturated carbocycles. The molecule has 0 saturated heterocycles. The fourth-order valence-corrected chi connectivity index (χ4v) is 3.11. The molecule has 1 aromatic heterocycles. The molecule has 6 heteroatoms. The van der Waals surface area contributed by atoms with Crippen LogP contribution in [-0.2, 0) is 6.54 Å². The summed E-state index contributed by atoms with van der Waals surface area (Å²) in [6.45, 7) is 0.709. The highest BCUT2D eigenvalue weighted by Crippen LogP contribution is 2.27. The van der Waals surface area contributed by atoms with Gasteiger partial charge in [-0.25, -0.2) is 9.97 Å². The van der Waals surface area contributed by atoms with Crippen LogP contribution in [0.3, 0.4) is 0 Å². The molecule has 140 valence electrons. The monoisotopic (exact) mass is 390 g/mol. The van der Waals surface area contributed by atoms with E-state index in [9.17, 15) is 0 Å². The zero-order chi connectivity index (χ0) is 19.3. The maximum Gasteiger partial charge on any atom is 0.141 e. The summed E-state index contributed by atoms with van der Waals surface area (Å²) in [4.78, 5) is 8.76. The molecule has 0 amide bonds. The molecule has 0 aliphatic heterocycles. The van der Waals surface area contributed by atoms with Gasteiger partial charge in [0.1, 0.15) is 17.9 Å². The van der Waals surface area contributed by atoms with Crippen molar-refractivity contribution in [3.05, 3.63) is 83.6 Å². The molecular weight excluding hydrogens is 372 g/mol. The Balaban J connectivity index is 1.56. The summed E-state index contributed by atoms with van der Waals surface area (Å²) in [5.74, 6) is 1.59. The van der Waals surface area contributed by atoms with Gasteiger partial charge in [-0.1, -0.05) is 29.8 Å². The van der Waals surface area contributed by atoms with E-state index in [1.807, 2.05) is 66.7 Å². The topological polar surface area (TPSA) is 59.1 Å². The average Bonchev–Trinajstić information content (AvgIpc) is 2.73. The molecule has 28 heavy (non-hydrogen) atoms. The van der Waals surface area contributed by atoms with E-state index in [-0.39, 0.29) is 0 Å². The predicted molar refractivity (Wildman–Crippen MR) is 115 cm³/mol. The van der Waals surface area contributed by atoms with Gasteiger partial charge in [0.05, 0.1) is 12.6 Å². The van der Waals surface area contributed by atoms with E-state index in [4.69, 9.17) is 16.3 Å². The molecule has 4 aromatic rings. The minimum atomic E-state index is 0.671. The Hall–Kier alpha value is -3.31. The molecule has 0 atom stereocenters. The third-order valence-electron chi connectivity index (χ3n) is 4.38. The molecular formula is C22H19ClN4O. The van der Waals surface area contributed by atoms with Crippen LogP contribution in [-0.4, -0.2) is 17.1 Å². The first-order valence-electron chi connectivity index (χ1n) is 8.85. The highest BCUT2D eigenvalue weighted by atomic mass is 35.5. The number of fused-ring (bicyclic) bond motifs is 1. The molecule has 3 aromatic carbocycles. The van der Waals surface area contributed by atoms with Gasteiger partial charge < -0.3 is 15.4 Å². The Labute approximate surface area is 168 Å². The van der Waals surface area contributed by atoms with E-state index in [0.717, 1.165) is 33.8 Å². The number of aromatic nitrogens is 2. The quantitative estimate of drug-likeness (QED) is 0.445. The number of hydrogen-bond acceptors (Lipinski definition) is 5. The number of nitrogens with zero attached hydrogens (tertiary/aromatic N) is 2. The van der Waals surface area contributed by atoms with Crippen LogP contribution in [0.4, 0.5) is 17.2 Å². The lowest BCUT2D eigenvalue weighted by Gasteiger charge is -2.11. The summed E-state index contributed by atoms with van der Waals surface area (Å²) in [7, 11) is 1.67. The standard InChI is InChI=1S/C22H19ClN4O/c1-28-19-8-5-15(6-9-19)13-24-17-7-10-21-20(12-17)22(26-14-25-21)27-18-4-2-3-16(23)11-18/h2-12,14,24H,13H2,1H3,(H,25,26,27). The highest BCUT2D eigenvalue weighted by molar-refractivity contribution is 6.30. The second kappa shape index (κ2) is 8.15. The third kappa shape index (κ3) is 4.15. The van der Waals surface area contributed by atoms with Crippen molar-refractivity contribution in [3.8, 4) is 5.75 Å². The zero-order valence-electron chi connectivity index (χ0n) is 15.3. The van der Waals surface area contributed by atoms with E-state index >= 15 is 0 Å². The Morgan fingerprint density at radius 2 is 1.79 bits per heavy atom. The van der Waals surface area contributed by atoms with Gasteiger partial charge in [-0.2, -0.15) is 0 Å². The fraction of sp³-hybridized carbons (Fsp3) is 0.0909. The van der Waals surface area contributed by atoms with E-state index < -0.39 is 0 Å². The number of nitrogens with one attached hydrogen (secondary N) is 2. The fourth-order valence-electron chi connectivity index (χ4n) is 2.92. The first kappa shape index (κ1) is 18.1. The number of anilines is 3. The Morgan fingerprint density at radius 1 is 0.929 bits per heavy atom. The van der Waals surface area contributed by atoms with Crippen LogP contribution < -0.4 is 15.4 Å². The summed E-state index contributed by atoms with van der Waals surface area (Å²) in [6.07, 6.45) is 1.56. The van der Waals surface area contributed by atoms with Crippen molar-refractivity contribution in [2.45, 2.75) is 6.54 Å². The number of halogens is 1. The van der Waals surface area contributed by atoms with Crippen molar-refractivity contribution in [2.75, 3.05) is 17.7 Å². The number of benzene rings is 3. The molecule has 0 aliphatic rings. The first-order chi connectivity index (χ1) is 13.7. The number of hydrogen-bond donors (Lipinski definition) is 2. The molecule has 4 rings (SSSR count). The molecule has 0 bridgehead atoms. The summed E-state index contributed by atoms with van der Waals surface area (Å²) < 4.78 is 5.20. The zero-order valence-corrected chi connectivity index (χ0v) is 16.1. The van der Waals surface area contributed by atoms with Gasteiger partial charge in [0.25, 0.3) is 0 Å². The summed E-state index contributed by atoms with van der Waals surface area (Å²) in [5, 5.41) is 8.37. The molecule has 0 aliphatic carbocycles. The maximum atomic E-state index is 6.08. The van der Waals surface area contributed by atoms with E-state index in [1.54, 1.807) is 13.4 Å². The first-order valence-corrected chi connectivity index (χ1v) is 9.23. The molecule has 1 heterocycles. The van der Waals surface area contributed by atoms with Crippen molar-refractivity contribution in [1.82, 2.24) is 9.97 Å². The largest absolute Gasteiger partial charge is 0.497 e. The number of rotatable bonds is 6. The average molecular weight is 391 g/mol. The van der Waals surface area contributed by atoms with Crippen molar-refractivity contribution < 1.29 is 4.74 Å². The lowest BCUT2D eigenvalue weighted by Crippen LogP contribution is -2.00. The van der Waals surface area contributed by atoms with Gasteiger partial charge in [0, 0.05) is 28.3 Å². The second-order valence-corrected chi connectivity index (χ2v) is 6.73. The van der Waals surface area contributed by atoms with Crippen LogP contribution >= 0.6 is 11.6 Å². The van der Waals surface area contributed by atoms with Crippen LogP contribution in [0.2, 0.25) is 5.02 Å². The SMILES string of the molecule is COc1ccc(CNc2ccc3ncnc(Nc4cccc(Cl)c4)c3c2)cc1.